The largest absolute Gasteiger partial charge is 0.486 e. The Hall–Kier alpha value is -3.19. The highest BCUT2D eigenvalue weighted by atomic mass is 32.1. The summed E-state index contributed by atoms with van der Waals surface area (Å²) in [5, 5.41) is 5.41. The number of benzene rings is 2. The summed E-state index contributed by atoms with van der Waals surface area (Å²) in [5.74, 6) is 1.45. The summed E-state index contributed by atoms with van der Waals surface area (Å²) in [5.41, 5.74) is 3.87. The van der Waals surface area contributed by atoms with Crippen LogP contribution in [0.15, 0.2) is 53.9 Å². The number of ether oxygens (including phenoxy) is 1. The van der Waals surface area contributed by atoms with Gasteiger partial charge in [0.2, 0.25) is 5.91 Å². The Bertz CT molecular complexity index is 1190. The minimum atomic E-state index is -0.156. The molecule has 1 aliphatic heterocycles. The maximum absolute atomic E-state index is 13.2. The van der Waals surface area contributed by atoms with Crippen LogP contribution in [-0.4, -0.2) is 34.8 Å². The van der Waals surface area contributed by atoms with Crippen LogP contribution in [0.2, 0.25) is 0 Å². The molecular formula is C29H35N3O3S. The molecule has 1 aliphatic rings. The molecular weight excluding hydrogens is 470 g/mol. The van der Waals surface area contributed by atoms with Crippen LogP contribution in [0.25, 0.3) is 0 Å². The molecule has 0 spiro atoms. The van der Waals surface area contributed by atoms with Crippen molar-refractivity contribution in [1.29, 1.82) is 0 Å². The number of carbonyl (C=O) groups is 2. The number of hydrogen-bond acceptors (Lipinski definition) is 5. The molecule has 2 amide bonds. The van der Waals surface area contributed by atoms with E-state index >= 15 is 0 Å². The molecule has 0 aliphatic carbocycles. The predicted octanol–water partition coefficient (Wildman–Crippen LogP) is 5.63. The van der Waals surface area contributed by atoms with Crippen molar-refractivity contribution in [2.24, 2.45) is 11.8 Å². The maximum Gasteiger partial charge on any atom is 0.270 e. The third-order valence-corrected chi connectivity index (χ3v) is 7.00. The van der Waals surface area contributed by atoms with E-state index in [4.69, 9.17) is 4.74 Å². The van der Waals surface area contributed by atoms with Gasteiger partial charge in [-0.3, -0.25) is 9.59 Å². The normalized spacial score (nSPS) is 15.2. The molecule has 2 heterocycles. The minimum absolute atomic E-state index is 0.138. The van der Waals surface area contributed by atoms with Gasteiger partial charge in [0, 0.05) is 24.9 Å². The summed E-state index contributed by atoms with van der Waals surface area (Å²) in [6.45, 7) is 9.89. The summed E-state index contributed by atoms with van der Waals surface area (Å²) in [6.07, 6.45) is 1.36. The molecule has 1 unspecified atom stereocenters. The fourth-order valence-corrected chi connectivity index (χ4v) is 5.11. The van der Waals surface area contributed by atoms with Gasteiger partial charge in [-0.05, 0) is 47.1 Å². The molecule has 3 aromatic rings. The number of carbonyl (C=O) groups excluding carboxylic acids is 2. The van der Waals surface area contributed by atoms with Crippen LogP contribution in [0.1, 0.15) is 72.3 Å². The molecule has 0 bridgehead atoms. The van der Waals surface area contributed by atoms with Crippen molar-refractivity contribution < 1.29 is 14.3 Å². The number of rotatable bonds is 9. The quantitative estimate of drug-likeness (QED) is 0.409. The van der Waals surface area contributed by atoms with Crippen LogP contribution in [0.3, 0.4) is 0 Å². The van der Waals surface area contributed by atoms with Gasteiger partial charge in [0.05, 0.1) is 6.04 Å². The second kappa shape index (κ2) is 11.7. The number of fused-ring (bicyclic) bond motifs is 1. The first-order valence-corrected chi connectivity index (χ1v) is 13.5. The Morgan fingerprint density at radius 2 is 1.89 bits per heavy atom. The molecule has 36 heavy (non-hydrogen) atoms. The lowest BCUT2D eigenvalue weighted by molar-refractivity contribution is -0.134. The SMILES string of the molecule is CC(C)CNC(=O)c1csc(COc2ccc3c(c2)C(c2ccccc2)N(C(=O)CC(C)C)CC3)n1. The van der Waals surface area contributed by atoms with Crippen LogP contribution in [-0.2, 0) is 17.8 Å². The third kappa shape index (κ3) is 6.32. The Morgan fingerprint density at radius 3 is 2.61 bits per heavy atom. The van der Waals surface area contributed by atoms with E-state index in [0.29, 0.717) is 37.0 Å². The van der Waals surface area contributed by atoms with Gasteiger partial charge < -0.3 is 15.0 Å². The van der Waals surface area contributed by atoms with Gasteiger partial charge in [-0.2, -0.15) is 0 Å². The molecule has 1 aromatic heterocycles. The summed E-state index contributed by atoms with van der Waals surface area (Å²) >= 11 is 1.42. The number of nitrogens with zero attached hydrogens (tertiary/aromatic N) is 2. The van der Waals surface area contributed by atoms with Crippen molar-refractivity contribution in [2.75, 3.05) is 13.1 Å². The average Bonchev–Trinajstić information content (AvgIpc) is 3.34. The number of nitrogens with one attached hydrogen (secondary N) is 1. The van der Waals surface area contributed by atoms with Crippen molar-refractivity contribution in [2.45, 2.75) is 53.2 Å². The zero-order valence-electron chi connectivity index (χ0n) is 21.5. The van der Waals surface area contributed by atoms with Gasteiger partial charge in [0.1, 0.15) is 23.1 Å². The first-order chi connectivity index (χ1) is 17.3. The molecule has 6 nitrogen and oxygen atoms in total. The van der Waals surface area contributed by atoms with Gasteiger partial charge in [-0.15, -0.1) is 11.3 Å². The van der Waals surface area contributed by atoms with Crippen molar-refractivity contribution in [3.05, 3.63) is 81.3 Å². The fourth-order valence-electron chi connectivity index (χ4n) is 4.43. The van der Waals surface area contributed by atoms with Crippen LogP contribution < -0.4 is 10.1 Å². The van der Waals surface area contributed by atoms with E-state index in [-0.39, 0.29) is 24.5 Å². The van der Waals surface area contributed by atoms with Crippen LogP contribution in [0.4, 0.5) is 0 Å². The molecule has 1 atom stereocenters. The predicted molar refractivity (Wildman–Crippen MR) is 143 cm³/mol. The number of aromatic nitrogens is 1. The smallest absolute Gasteiger partial charge is 0.270 e. The summed E-state index contributed by atoms with van der Waals surface area (Å²) in [6, 6.07) is 16.2. The van der Waals surface area contributed by atoms with Crippen LogP contribution in [0, 0.1) is 11.8 Å². The van der Waals surface area contributed by atoms with Crippen molar-refractivity contribution >= 4 is 23.2 Å². The Labute approximate surface area is 217 Å². The molecule has 0 fully saturated rings. The zero-order chi connectivity index (χ0) is 25.7. The summed E-state index contributed by atoms with van der Waals surface area (Å²) in [7, 11) is 0. The number of thiazole rings is 1. The van der Waals surface area contributed by atoms with E-state index in [2.05, 4.69) is 62.3 Å². The monoisotopic (exact) mass is 505 g/mol. The van der Waals surface area contributed by atoms with Gasteiger partial charge in [0.25, 0.3) is 5.91 Å². The number of amides is 2. The highest BCUT2D eigenvalue weighted by molar-refractivity contribution is 7.09. The van der Waals surface area contributed by atoms with E-state index in [1.807, 2.05) is 29.2 Å². The Morgan fingerprint density at radius 1 is 1.11 bits per heavy atom. The first-order valence-electron chi connectivity index (χ1n) is 12.6. The molecule has 0 saturated heterocycles. The van der Waals surface area contributed by atoms with E-state index in [1.54, 1.807) is 5.38 Å². The topological polar surface area (TPSA) is 71.5 Å². The highest BCUT2D eigenvalue weighted by Crippen LogP contribution is 2.38. The molecule has 2 aromatic carbocycles. The van der Waals surface area contributed by atoms with E-state index in [0.717, 1.165) is 28.3 Å². The standard InChI is InChI=1S/C29H35N3O3S/c1-19(2)14-27(33)32-13-12-21-10-11-23(15-24(21)28(32)22-8-6-5-7-9-22)35-17-26-31-25(18-36-26)29(34)30-16-20(3)4/h5-11,15,18-20,28H,12-14,16-17H2,1-4H3,(H,30,34). The highest BCUT2D eigenvalue weighted by Gasteiger charge is 2.32. The Kier molecular flexibility index (Phi) is 8.41. The van der Waals surface area contributed by atoms with Crippen molar-refractivity contribution in [3.8, 4) is 5.75 Å². The molecule has 0 saturated carbocycles. The zero-order valence-corrected chi connectivity index (χ0v) is 22.3. The Balaban J connectivity index is 1.53. The van der Waals surface area contributed by atoms with Crippen LogP contribution >= 0.6 is 11.3 Å². The van der Waals surface area contributed by atoms with Gasteiger partial charge in [-0.25, -0.2) is 4.98 Å². The second-order valence-electron chi connectivity index (χ2n) is 10.1. The lowest BCUT2D eigenvalue weighted by atomic mass is 9.87. The van der Waals surface area contributed by atoms with Crippen molar-refractivity contribution in [1.82, 2.24) is 15.2 Å². The second-order valence-corrected chi connectivity index (χ2v) is 11.1. The molecule has 4 rings (SSSR count). The summed E-state index contributed by atoms with van der Waals surface area (Å²) < 4.78 is 6.11. The van der Waals surface area contributed by atoms with Crippen LogP contribution in [0.5, 0.6) is 5.75 Å². The number of hydrogen-bond donors (Lipinski definition) is 1. The molecule has 0 radical (unpaired) electrons. The molecule has 7 heteroatoms. The third-order valence-electron chi connectivity index (χ3n) is 6.18. The van der Waals surface area contributed by atoms with E-state index in [1.165, 1.54) is 16.9 Å². The van der Waals surface area contributed by atoms with Gasteiger partial charge in [-0.1, -0.05) is 64.1 Å². The summed E-state index contributed by atoms with van der Waals surface area (Å²) in [4.78, 5) is 31.9. The molecule has 190 valence electrons. The minimum Gasteiger partial charge on any atom is -0.486 e. The fraction of sp³-hybridized carbons (Fsp3) is 0.414. The first kappa shape index (κ1) is 25.9. The van der Waals surface area contributed by atoms with E-state index < -0.39 is 0 Å². The van der Waals surface area contributed by atoms with Gasteiger partial charge in [0.15, 0.2) is 0 Å². The van der Waals surface area contributed by atoms with Gasteiger partial charge >= 0.3 is 0 Å². The maximum atomic E-state index is 13.2. The molecule has 1 N–H and O–H groups in total. The lowest BCUT2D eigenvalue weighted by Gasteiger charge is -2.38. The van der Waals surface area contributed by atoms with Crippen molar-refractivity contribution in [3.63, 3.8) is 0 Å². The van der Waals surface area contributed by atoms with E-state index in [9.17, 15) is 9.59 Å². The average molecular weight is 506 g/mol. The lowest BCUT2D eigenvalue weighted by Crippen LogP contribution is -2.41.